The van der Waals surface area contributed by atoms with E-state index in [0.717, 1.165) is 0 Å². The van der Waals surface area contributed by atoms with E-state index in [0.29, 0.717) is 6.42 Å². The van der Waals surface area contributed by atoms with Gasteiger partial charge in [-0.3, -0.25) is 0 Å². The highest BCUT2D eigenvalue weighted by Crippen LogP contribution is 2.38. The van der Waals surface area contributed by atoms with Gasteiger partial charge >= 0.3 is 0 Å². The number of aliphatic hydroxyl groups is 1. The van der Waals surface area contributed by atoms with Crippen molar-refractivity contribution in [2.45, 2.75) is 14.7 Å². The molecule has 54 valence electrons. The first-order valence-electron chi connectivity index (χ1n) is 2.34. The van der Waals surface area contributed by atoms with Gasteiger partial charge in [0.05, 0.1) is 6.10 Å². The Balaban J connectivity index is 3.72. The van der Waals surface area contributed by atoms with E-state index in [-0.39, 0.29) is 0 Å². The molecule has 1 atom stereocenters. The van der Waals surface area contributed by atoms with Gasteiger partial charge in [0, 0.05) is 0 Å². The Kier molecular flexibility index (Phi) is 4.63. The lowest BCUT2D eigenvalue weighted by Crippen LogP contribution is -2.22. The third-order valence-electron chi connectivity index (χ3n) is 0.768. The van der Waals surface area contributed by atoms with Gasteiger partial charge in [0.1, 0.15) is 0 Å². The third kappa shape index (κ3) is 4.53. The zero-order chi connectivity index (χ0) is 7.49. The van der Waals surface area contributed by atoms with Crippen LogP contribution in [0.15, 0.2) is 12.7 Å². The summed E-state index contributed by atoms with van der Waals surface area (Å²) in [4.78, 5) is 0. The molecule has 0 aliphatic heterocycles. The van der Waals surface area contributed by atoms with E-state index in [1.807, 2.05) is 0 Å². The molecule has 0 rings (SSSR count). The monoisotopic (exact) mass is 320 g/mol. The summed E-state index contributed by atoms with van der Waals surface area (Å²) < 4.78 is -0.568. The van der Waals surface area contributed by atoms with Crippen molar-refractivity contribution >= 4 is 47.8 Å². The quantitative estimate of drug-likeness (QED) is 0.612. The Labute approximate surface area is 79.9 Å². The van der Waals surface area contributed by atoms with Crippen LogP contribution in [-0.2, 0) is 0 Å². The van der Waals surface area contributed by atoms with Crippen molar-refractivity contribution in [1.82, 2.24) is 0 Å². The van der Waals surface area contributed by atoms with E-state index in [4.69, 9.17) is 0 Å². The summed E-state index contributed by atoms with van der Waals surface area (Å²) in [6.07, 6.45) is 1.69. The molecule has 9 heavy (non-hydrogen) atoms. The average molecular weight is 323 g/mol. The van der Waals surface area contributed by atoms with Crippen LogP contribution in [0.4, 0.5) is 0 Å². The van der Waals surface area contributed by atoms with Crippen LogP contribution in [0.5, 0.6) is 0 Å². The number of aliphatic hydroxyl groups excluding tert-OH is 1. The van der Waals surface area contributed by atoms with Gasteiger partial charge in [0.15, 0.2) is 2.14 Å². The smallest absolute Gasteiger partial charge is 0.160 e. The molecule has 4 heteroatoms. The highest BCUT2D eigenvalue weighted by Gasteiger charge is 2.27. The van der Waals surface area contributed by atoms with Gasteiger partial charge in [0.25, 0.3) is 0 Å². The minimum atomic E-state index is -0.568. The molecule has 0 aliphatic rings. The SMILES string of the molecule is C=CCC(O)C(Br)(Br)Br. The molecule has 1 N–H and O–H groups in total. The number of rotatable bonds is 2. The molecule has 0 fully saturated rings. The van der Waals surface area contributed by atoms with Crippen molar-refractivity contribution in [3.63, 3.8) is 0 Å². The first kappa shape index (κ1) is 10.1. The maximum atomic E-state index is 9.17. The third-order valence-corrected chi connectivity index (χ3v) is 2.35. The Hall–Kier alpha value is 1.14. The van der Waals surface area contributed by atoms with E-state index in [9.17, 15) is 5.11 Å². The molecule has 1 nitrogen and oxygen atoms in total. The topological polar surface area (TPSA) is 20.2 Å². The largest absolute Gasteiger partial charge is 0.390 e. The number of alkyl halides is 3. The molecular weight excluding hydrogens is 316 g/mol. The van der Waals surface area contributed by atoms with Gasteiger partial charge in [-0.15, -0.1) is 6.58 Å². The number of hydrogen-bond donors (Lipinski definition) is 1. The fourth-order valence-corrected chi connectivity index (χ4v) is 0.852. The van der Waals surface area contributed by atoms with E-state index in [2.05, 4.69) is 54.4 Å². The molecule has 0 aromatic heterocycles. The second-order valence-electron chi connectivity index (χ2n) is 1.58. The van der Waals surface area contributed by atoms with E-state index >= 15 is 0 Å². The van der Waals surface area contributed by atoms with Crippen molar-refractivity contribution in [1.29, 1.82) is 0 Å². The maximum Gasteiger partial charge on any atom is 0.160 e. The van der Waals surface area contributed by atoms with Crippen LogP contribution in [0, 0.1) is 0 Å². The lowest BCUT2D eigenvalue weighted by Gasteiger charge is -2.17. The van der Waals surface area contributed by atoms with Crippen LogP contribution in [0.25, 0.3) is 0 Å². The lowest BCUT2D eigenvalue weighted by atomic mass is 10.3. The van der Waals surface area contributed by atoms with Crippen LogP contribution < -0.4 is 0 Å². The van der Waals surface area contributed by atoms with E-state index in [1.165, 1.54) is 0 Å². The molecule has 0 aromatic rings. The Morgan fingerprint density at radius 3 is 2.11 bits per heavy atom. The molecule has 0 saturated heterocycles. The number of halogens is 3. The molecule has 0 spiro atoms. The molecule has 1 unspecified atom stereocenters. The summed E-state index contributed by atoms with van der Waals surface area (Å²) >= 11 is 9.54. The van der Waals surface area contributed by atoms with Gasteiger partial charge in [-0.05, 0) is 6.42 Å². The zero-order valence-corrected chi connectivity index (χ0v) is 9.41. The second-order valence-corrected chi connectivity index (χ2v) is 8.53. The Morgan fingerprint density at radius 1 is 1.56 bits per heavy atom. The highest BCUT2D eigenvalue weighted by atomic mass is 80.0. The maximum absolute atomic E-state index is 9.17. The fourth-order valence-electron chi connectivity index (χ4n) is 0.291. The van der Waals surface area contributed by atoms with Crippen molar-refractivity contribution in [3.05, 3.63) is 12.7 Å². The Bertz CT molecular complexity index is 96.9. The molecule has 0 amide bonds. The molecular formula is C5H7Br3O. The fraction of sp³-hybridized carbons (Fsp3) is 0.600. The second kappa shape index (κ2) is 4.11. The first-order chi connectivity index (χ1) is 3.98. The van der Waals surface area contributed by atoms with Crippen LogP contribution in [0.1, 0.15) is 6.42 Å². The van der Waals surface area contributed by atoms with Crippen LogP contribution in [0.2, 0.25) is 0 Å². The standard InChI is InChI=1S/C5H7Br3O/c1-2-3-4(9)5(6,7)8/h2,4,9H,1,3H2. The summed E-state index contributed by atoms with van der Waals surface area (Å²) in [6.45, 7) is 3.49. The molecule has 0 aromatic carbocycles. The van der Waals surface area contributed by atoms with E-state index in [1.54, 1.807) is 6.08 Å². The molecule has 0 radical (unpaired) electrons. The van der Waals surface area contributed by atoms with Gasteiger partial charge in [-0.2, -0.15) is 0 Å². The van der Waals surface area contributed by atoms with Gasteiger partial charge in [0.2, 0.25) is 0 Å². The average Bonchev–Trinajstić information content (AvgIpc) is 1.64. The molecule has 0 aliphatic carbocycles. The summed E-state index contributed by atoms with van der Waals surface area (Å²) in [5.41, 5.74) is 0. The molecule has 0 saturated carbocycles. The van der Waals surface area contributed by atoms with Crippen molar-refractivity contribution in [2.75, 3.05) is 0 Å². The van der Waals surface area contributed by atoms with Gasteiger partial charge in [-0.1, -0.05) is 53.9 Å². The predicted octanol–water partition coefficient (Wildman–Crippen LogP) is 2.76. The summed E-state index contributed by atoms with van der Waals surface area (Å²) in [7, 11) is 0. The molecule has 0 heterocycles. The summed E-state index contributed by atoms with van der Waals surface area (Å²) in [5.74, 6) is 0. The normalized spacial score (nSPS) is 15.1. The minimum absolute atomic E-state index is 0.505. The lowest BCUT2D eigenvalue weighted by molar-refractivity contribution is 0.193. The minimum Gasteiger partial charge on any atom is -0.390 e. The van der Waals surface area contributed by atoms with Crippen LogP contribution in [0.3, 0.4) is 0 Å². The summed E-state index contributed by atoms with van der Waals surface area (Å²) in [5, 5.41) is 9.17. The summed E-state index contributed by atoms with van der Waals surface area (Å²) in [6, 6.07) is 0. The van der Waals surface area contributed by atoms with Crippen LogP contribution >= 0.6 is 47.8 Å². The van der Waals surface area contributed by atoms with Gasteiger partial charge in [-0.25, -0.2) is 0 Å². The highest BCUT2D eigenvalue weighted by molar-refractivity contribution is 9.39. The zero-order valence-electron chi connectivity index (χ0n) is 4.65. The van der Waals surface area contributed by atoms with Gasteiger partial charge < -0.3 is 5.11 Å². The predicted molar refractivity (Wildman–Crippen MR) is 50.3 cm³/mol. The van der Waals surface area contributed by atoms with Crippen molar-refractivity contribution in [2.24, 2.45) is 0 Å². The van der Waals surface area contributed by atoms with Crippen molar-refractivity contribution in [3.8, 4) is 0 Å². The first-order valence-corrected chi connectivity index (χ1v) is 4.72. The molecule has 0 bridgehead atoms. The van der Waals surface area contributed by atoms with E-state index < -0.39 is 8.25 Å². The number of hydrogen-bond acceptors (Lipinski definition) is 1. The van der Waals surface area contributed by atoms with Crippen molar-refractivity contribution < 1.29 is 5.11 Å². The Morgan fingerprint density at radius 2 is 2.00 bits per heavy atom. The van der Waals surface area contributed by atoms with Crippen LogP contribution in [-0.4, -0.2) is 13.4 Å².